The molecule has 0 amide bonds. The molecule has 1 unspecified atom stereocenters. The Balaban J connectivity index is 1.91. The zero-order valence-corrected chi connectivity index (χ0v) is 9.91. The van der Waals surface area contributed by atoms with Crippen LogP contribution < -0.4 is 5.32 Å². The summed E-state index contributed by atoms with van der Waals surface area (Å²) in [5.41, 5.74) is 0. The van der Waals surface area contributed by atoms with E-state index < -0.39 is 0 Å². The van der Waals surface area contributed by atoms with Gasteiger partial charge in [-0.3, -0.25) is 0 Å². The molecule has 0 aliphatic heterocycles. The molecule has 0 saturated heterocycles. The maximum absolute atomic E-state index is 5.29. The van der Waals surface area contributed by atoms with Gasteiger partial charge in [0.25, 0.3) is 0 Å². The fourth-order valence-electron chi connectivity index (χ4n) is 1.31. The minimum Gasteiger partial charge on any atom is -0.467 e. The van der Waals surface area contributed by atoms with E-state index >= 15 is 0 Å². The van der Waals surface area contributed by atoms with Gasteiger partial charge in [-0.05, 0) is 28.9 Å². The molecular weight excluding hydrogens is 258 g/mol. The Bertz CT molecular complexity index is 410. The Morgan fingerprint density at radius 3 is 3.13 bits per heavy atom. The van der Waals surface area contributed by atoms with Gasteiger partial charge in [0, 0.05) is 12.4 Å². The van der Waals surface area contributed by atoms with Crippen molar-refractivity contribution in [2.75, 3.05) is 0 Å². The third-order valence-electron chi connectivity index (χ3n) is 2.19. The van der Waals surface area contributed by atoms with Crippen LogP contribution in [0.15, 0.2) is 33.6 Å². The lowest BCUT2D eigenvalue weighted by molar-refractivity contribution is 0.452. The Labute approximate surface area is 96.2 Å². The molecule has 0 aromatic carbocycles. The highest BCUT2D eigenvalue weighted by Crippen LogP contribution is 2.18. The average molecular weight is 270 g/mol. The Kier molecular flexibility index (Phi) is 3.23. The number of H-pyrrole nitrogens is 1. The number of halogens is 1. The van der Waals surface area contributed by atoms with Crippen LogP contribution in [0.4, 0.5) is 0 Å². The fraction of sp³-hybridized carbons (Fsp3) is 0.300. The first-order valence-electron chi connectivity index (χ1n) is 4.72. The van der Waals surface area contributed by atoms with Crippen LogP contribution in [0.5, 0.6) is 0 Å². The summed E-state index contributed by atoms with van der Waals surface area (Å²) in [6, 6.07) is 2.06. The van der Waals surface area contributed by atoms with Gasteiger partial charge in [-0.2, -0.15) is 0 Å². The van der Waals surface area contributed by atoms with E-state index in [9.17, 15) is 0 Å². The summed E-state index contributed by atoms with van der Waals surface area (Å²) in [4.78, 5) is 7.24. The van der Waals surface area contributed by atoms with Crippen LogP contribution in [0.25, 0.3) is 0 Å². The Hall–Kier alpha value is -1.07. The quantitative estimate of drug-likeness (QED) is 0.897. The largest absolute Gasteiger partial charge is 0.467 e. The normalized spacial score (nSPS) is 12.9. The molecule has 5 heteroatoms. The Morgan fingerprint density at radius 2 is 2.53 bits per heavy atom. The van der Waals surface area contributed by atoms with Gasteiger partial charge in [0.15, 0.2) is 0 Å². The topological polar surface area (TPSA) is 53.9 Å². The maximum Gasteiger partial charge on any atom is 0.131 e. The number of nitrogens with zero attached hydrogens (tertiary/aromatic N) is 1. The van der Waals surface area contributed by atoms with Gasteiger partial charge < -0.3 is 14.7 Å². The minimum atomic E-state index is 0.178. The van der Waals surface area contributed by atoms with E-state index in [1.807, 2.05) is 12.3 Å². The van der Waals surface area contributed by atoms with E-state index in [1.165, 1.54) is 0 Å². The van der Waals surface area contributed by atoms with Crippen molar-refractivity contribution in [3.8, 4) is 0 Å². The molecule has 0 aliphatic carbocycles. The van der Waals surface area contributed by atoms with E-state index in [4.69, 9.17) is 4.42 Å². The van der Waals surface area contributed by atoms with Crippen LogP contribution in [0.1, 0.15) is 24.6 Å². The first kappa shape index (κ1) is 10.4. The first-order valence-corrected chi connectivity index (χ1v) is 5.51. The standard InChI is InChI=1S/C10H12BrN3O/c1-7(10-12-3-4-13-10)14-6-9-8(11)2-5-15-9/h2-5,7,14H,6H2,1H3,(H,12,13). The van der Waals surface area contributed by atoms with Crippen LogP contribution in [0.3, 0.4) is 0 Å². The number of nitrogens with one attached hydrogen (secondary N) is 2. The van der Waals surface area contributed by atoms with E-state index in [1.54, 1.807) is 12.5 Å². The molecule has 80 valence electrons. The van der Waals surface area contributed by atoms with E-state index in [2.05, 4.69) is 38.1 Å². The molecular formula is C10H12BrN3O. The molecule has 4 nitrogen and oxygen atoms in total. The summed E-state index contributed by atoms with van der Waals surface area (Å²) >= 11 is 3.41. The SMILES string of the molecule is CC(NCc1occc1Br)c1ncc[nH]1. The molecule has 2 rings (SSSR count). The first-order chi connectivity index (χ1) is 7.27. The lowest BCUT2D eigenvalue weighted by Crippen LogP contribution is -2.19. The van der Waals surface area contributed by atoms with Crippen LogP contribution >= 0.6 is 15.9 Å². The minimum absolute atomic E-state index is 0.178. The second kappa shape index (κ2) is 4.63. The number of furan rings is 1. The summed E-state index contributed by atoms with van der Waals surface area (Å²) in [5.74, 6) is 1.83. The number of hydrogen-bond donors (Lipinski definition) is 2. The smallest absolute Gasteiger partial charge is 0.131 e. The van der Waals surface area contributed by atoms with Gasteiger partial charge in [-0.15, -0.1) is 0 Å². The third kappa shape index (κ3) is 2.49. The molecule has 0 radical (unpaired) electrons. The van der Waals surface area contributed by atoms with Crippen LogP contribution in [-0.2, 0) is 6.54 Å². The van der Waals surface area contributed by atoms with Crippen LogP contribution in [-0.4, -0.2) is 9.97 Å². The van der Waals surface area contributed by atoms with Gasteiger partial charge in [0.1, 0.15) is 11.6 Å². The molecule has 0 spiro atoms. The molecule has 2 heterocycles. The predicted molar refractivity (Wildman–Crippen MR) is 60.3 cm³/mol. The fourth-order valence-corrected chi connectivity index (χ4v) is 1.65. The Morgan fingerprint density at radius 1 is 1.67 bits per heavy atom. The van der Waals surface area contributed by atoms with E-state index in [0.717, 1.165) is 16.1 Å². The number of hydrogen-bond acceptors (Lipinski definition) is 3. The van der Waals surface area contributed by atoms with Crippen LogP contribution in [0, 0.1) is 0 Å². The van der Waals surface area contributed by atoms with Gasteiger partial charge in [-0.1, -0.05) is 0 Å². The molecule has 1 atom stereocenters. The average Bonchev–Trinajstić information content (AvgIpc) is 2.85. The molecule has 2 aromatic rings. The number of aromatic amines is 1. The van der Waals surface area contributed by atoms with E-state index in [0.29, 0.717) is 6.54 Å². The van der Waals surface area contributed by atoms with E-state index in [-0.39, 0.29) is 6.04 Å². The van der Waals surface area contributed by atoms with Gasteiger partial charge in [0.05, 0.1) is 23.3 Å². The monoisotopic (exact) mass is 269 g/mol. The predicted octanol–water partition coefficient (Wildman–Crippen LogP) is 2.62. The molecule has 0 bridgehead atoms. The number of aromatic nitrogens is 2. The van der Waals surface area contributed by atoms with Crippen molar-refractivity contribution in [2.45, 2.75) is 19.5 Å². The summed E-state index contributed by atoms with van der Waals surface area (Å²) in [7, 11) is 0. The maximum atomic E-state index is 5.29. The summed E-state index contributed by atoms with van der Waals surface area (Å²) in [6.07, 6.45) is 5.23. The van der Waals surface area contributed by atoms with Crippen molar-refractivity contribution in [2.24, 2.45) is 0 Å². The van der Waals surface area contributed by atoms with Gasteiger partial charge >= 0.3 is 0 Å². The van der Waals surface area contributed by atoms with Crippen molar-refractivity contribution in [1.29, 1.82) is 0 Å². The summed E-state index contributed by atoms with van der Waals surface area (Å²) in [6.45, 7) is 2.73. The lowest BCUT2D eigenvalue weighted by atomic mass is 10.3. The highest BCUT2D eigenvalue weighted by molar-refractivity contribution is 9.10. The summed E-state index contributed by atoms with van der Waals surface area (Å²) < 4.78 is 6.28. The molecule has 15 heavy (non-hydrogen) atoms. The van der Waals surface area contributed by atoms with Gasteiger partial charge in [-0.25, -0.2) is 4.98 Å². The van der Waals surface area contributed by atoms with Crippen molar-refractivity contribution < 1.29 is 4.42 Å². The second-order valence-electron chi connectivity index (χ2n) is 3.27. The van der Waals surface area contributed by atoms with Crippen molar-refractivity contribution >= 4 is 15.9 Å². The molecule has 0 fully saturated rings. The molecule has 2 aromatic heterocycles. The lowest BCUT2D eigenvalue weighted by Gasteiger charge is -2.09. The zero-order chi connectivity index (χ0) is 10.7. The highest BCUT2D eigenvalue weighted by atomic mass is 79.9. The molecule has 0 saturated carbocycles. The zero-order valence-electron chi connectivity index (χ0n) is 8.33. The number of imidazole rings is 1. The van der Waals surface area contributed by atoms with Crippen LogP contribution in [0.2, 0.25) is 0 Å². The highest BCUT2D eigenvalue weighted by Gasteiger charge is 2.09. The summed E-state index contributed by atoms with van der Waals surface area (Å²) in [5, 5.41) is 3.31. The van der Waals surface area contributed by atoms with Crippen molar-refractivity contribution in [3.05, 3.63) is 40.8 Å². The molecule has 2 N–H and O–H groups in total. The van der Waals surface area contributed by atoms with Crippen molar-refractivity contribution in [3.63, 3.8) is 0 Å². The third-order valence-corrected chi connectivity index (χ3v) is 2.90. The second-order valence-corrected chi connectivity index (χ2v) is 4.12. The van der Waals surface area contributed by atoms with Crippen molar-refractivity contribution in [1.82, 2.24) is 15.3 Å². The molecule has 0 aliphatic rings. The number of rotatable bonds is 4. The van der Waals surface area contributed by atoms with Gasteiger partial charge in [0.2, 0.25) is 0 Å².